The summed E-state index contributed by atoms with van der Waals surface area (Å²) in [5.74, 6) is -0.426. The van der Waals surface area contributed by atoms with Crippen LogP contribution in [0.4, 0.5) is 0 Å². The molecule has 7 heteroatoms. The predicted molar refractivity (Wildman–Crippen MR) is 67.2 cm³/mol. The van der Waals surface area contributed by atoms with Crippen molar-refractivity contribution >= 4 is 11.7 Å². The fourth-order valence-corrected chi connectivity index (χ4v) is 1.90. The summed E-state index contributed by atoms with van der Waals surface area (Å²) in [6.45, 7) is 1.84. The van der Waals surface area contributed by atoms with E-state index < -0.39 is 5.91 Å². The number of rotatable bonds is 3. The number of carbonyl (C=O) groups excluding carboxylic acids is 1. The summed E-state index contributed by atoms with van der Waals surface area (Å²) in [6.07, 6.45) is 4.72. The van der Waals surface area contributed by atoms with Crippen molar-refractivity contribution in [1.29, 1.82) is 0 Å². The number of aromatic nitrogens is 2. The maximum atomic E-state index is 11.2. The highest BCUT2D eigenvalue weighted by Crippen LogP contribution is 2.09. The molecule has 1 fully saturated rings. The second kappa shape index (κ2) is 5.54. The number of nitrogens with one attached hydrogen (secondary N) is 1. The second-order valence-corrected chi connectivity index (χ2v) is 4.11. The molecular formula is C11H16N6O. The molecule has 5 N–H and O–H groups in total. The number of nitrogens with zero attached hydrogens (tertiary/aromatic N) is 3. The zero-order chi connectivity index (χ0) is 13.0. The van der Waals surface area contributed by atoms with E-state index in [0.29, 0.717) is 0 Å². The molecule has 2 rings (SSSR count). The Hall–Kier alpha value is -2.02. The molecule has 2 heterocycles. The van der Waals surface area contributed by atoms with E-state index in [9.17, 15) is 4.79 Å². The van der Waals surface area contributed by atoms with Crippen molar-refractivity contribution in [2.45, 2.75) is 18.9 Å². The molecule has 1 aliphatic rings. The minimum Gasteiger partial charge on any atom is -0.382 e. The van der Waals surface area contributed by atoms with Gasteiger partial charge < -0.3 is 16.8 Å². The van der Waals surface area contributed by atoms with Gasteiger partial charge >= 0.3 is 0 Å². The SMILES string of the molecule is NC(=O)c1nccnc1C(N)=NC1CCNCC1. The molecular weight excluding hydrogens is 232 g/mol. The van der Waals surface area contributed by atoms with Crippen LogP contribution in [0.5, 0.6) is 0 Å². The number of amides is 1. The van der Waals surface area contributed by atoms with E-state index in [1.807, 2.05) is 0 Å². The van der Waals surface area contributed by atoms with E-state index in [0.717, 1.165) is 25.9 Å². The summed E-state index contributed by atoms with van der Waals surface area (Å²) in [5.41, 5.74) is 11.4. The number of primary amides is 1. The lowest BCUT2D eigenvalue weighted by Gasteiger charge is -2.19. The summed E-state index contributed by atoms with van der Waals surface area (Å²) in [7, 11) is 0. The Morgan fingerprint density at radius 1 is 1.22 bits per heavy atom. The van der Waals surface area contributed by atoms with Crippen LogP contribution in [0.3, 0.4) is 0 Å². The van der Waals surface area contributed by atoms with E-state index in [4.69, 9.17) is 11.5 Å². The maximum absolute atomic E-state index is 11.2. The normalized spacial score (nSPS) is 17.7. The minimum absolute atomic E-state index is 0.0627. The third-order valence-corrected chi connectivity index (χ3v) is 2.80. The maximum Gasteiger partial charge on any atom is 0.269 e. The van der Waals surface area contributed by atoms with Gasteiger partial charge in [-0.15, -0.1) is 0 Å². The van der Waals surface area contributed by atoms with Crippen LogP contribution in [-0.2, 0) is 0 Å². The third kappa shape index (κ3) is 2.80. The molecule has 0 saturated carbocycles. The van der Waals surface area contributed by atoms with Gasteiger partial charge in [-0.3, -0.25) is 9.79 Å². The predicted octanol–water partition coefficient (Wildman–Crippen LogP) is -0.967. The molecule has 7 nitrogen and oxygen atoms in total. The largest absolute Gasteiger partial charge is 0.382 e. The van der Waals surface area contributed by atoms with Crippen LogP contribution in [0.1, 0.15) is 29.0 Å². The molecule has 0 bridgehead atoms. The Balaban J connectivity index is 2.24. The Kier molecular flexibility index (Phi) is 3.83. The van der Waals surface area contributed by atoms with Gasteiger partial charge in [-0.05, 0) is 25.9 Å². The van der Waals surface area contributed by atoms with E-state index in [1.54, 1.807) is 0 Å². The van der Waals surface area contributed by atoms with Crippen molar-refractivity contribution < 1.29 is 4.79 Å². The molecule has 0 unspecified atom stereocenters. The standard InChI is InChI=1S/C11H16N6O/c12-10(17-7-1-3-14-4-2-7)8-9(11(13)18)16-6-5-15-8/h5-7,14H,1-4H2,(H2,12,17)(H2,13,18). The van der Waals surface area contributed by atoms with E-state index in [2.05, 4.69) is 20.3 Å². The zero-order valence-corrected chi connectivity index (χ0v) is 9.97. The second-order valence-electron chi connectivity index (χ2n) is 4.11. The first kappa shape index (κ1) is 12.4. The molecule has 0 aliphatic carbocycles. The average molecular weight is 248 g/mol. The van der Waals surface area contributed by atoms with Gasteiger partial charge in [0.1, 0.15) is 11.5 Å². The lowest BCUT2D eigenvalue weighted by atomic mass is 10.1. The Morgan fingerprint density at radius 2 is 1.83 bits per heavy atom. The van der Waals surface area contributed by atoms with Gasteiger partial charge in [0.2, 0.25) is 0 Å². The minimum atomic E-state index is -0.651. The van der Waals surface area contributed by atoms with Gasteiger partial charge in [0.25, 0.3) is 5.91 Å². The fourth-order valence-electron chi connectivity index (χ4n) is 1.90. The Labute approximate surface area is 105 Å². The lowest BCUT2D eigenvalue weighted by molar-refractivity contribution is 0.0995. The van der Waals surface area contributed by atoms with Gasteiger partial charge in [0.15, 0.2) is 5.69 Å². The monoisotopic (exact) mass is 248 g/mol. The van der Waals surface area contributed by atoms with Gasteiger partial charge in [0, 0.05) is 12.4 Å². The number of hydrogen-bond acceptors (Lipinski definition) is 5. The molecule has 1 aromatic rings. The molecule has 1 amide bonds. The van der Waals surface area contributed by atoms with Crippen LogP contribution in [0.15, 0.2) is 17.4 Å². The van der Waals surface area contributed by atoms with Crippen LogP contribution in [0, 0.1) is 0 Å². The highest BCUT2D eigenvalue weighted by Gasteiger charge is 2.17. The summed E-state index contributed by atoms with van der Waals surface area (Å²) in [5, 5.41) is 3.25. The summed E-state index contributed by atoms with van der Waals surface area (Å²) < 4.78 is 0. The third-order valence-electron chi connectivity index (χ3n) is 2.80. The quantitative estimate of drug-likeness (QED) is 0.470. The Morgan fingerprint density at radius 3 is 2.44 bits per heavy atom. The van der Waals surface area contributed by atoms with Gasteiger partial charge in [-0.2, -0.15) is 0 Å². The number of aliphatic imine (C=N–C) groups is 1. The zero-order valence-electron chi connectivity index (χ0n) is 9.97. The number of carbonyl (C=O) groups is 1. The fraction of sp³-hybridized carbons (Fsp3) is 0.455. The van der Waals surface area contributed by atoms with Crippen LogP contribution >= 0.6 is 0 Å². The molecule has 0 aromatic carbocycles. The Bertz CT molecular complexity index is 466. The summed E-state index contributed by atoms with van der Waals surface area (Å²) >= 11 is 0. The molecule has 1 saturated heterocycles. The number of amidine groups is 1. The van der Waals surface area contributed by atoms with Crippen molar-refractivity contribution in [1.82, 2.24) is 15.3 Å². The van der Waals surface area contributed by atoms with Gasteiger partial charge in [0.05, 0.1) is 6.04 Å². The van der Waals surface area contributed by atoms with E-state index in [1.165, 1.54) is 12.4 Å². The molecule has 1 aromatic heterocycles. The summed E-state index contributed by atoms with van der Waals surface area (Å²) in [6, 6.07) is 0.161. The first-order valence-corrected chi connectivity index (χ1v) is 5.83. The highest BCUT2D eigenvalue weighted by atomic mass is 16.1. The smallest absolute Gasteiger partial charge is 0.269 e. The molecule has 1 aliphatic heterocycles. The van der Waals surface area contributed by atoms with E-state index in [-0.39, 0.29) is 23.3 Å². The van der Waals surface area contributed by atoms with Crippen molar-refractivity contribution in [3.05, 3.63) is 23.8 Å². The molecule has 0 radical (unpaired) electrons. The van der Waals surface area contributed by atoms with Crippen LogP contribution in [0.25, 0.3) is 0 Å². The van der Waals surface area contributed by atoms with E-state index >= 15 is 0 Å². The number of piperidine rings is 1. The van der Waals surface area contributed by atoms with Crippen molar-refractivity contribution in [3.63, 3.8) is 0 Å². The van der Waals surface area contributed by atoms with Gasteiger partial charge in [-0.25, -0.2) is 9.97 Å². The first-order chi connectivity index (χ1) is 8.68. The highest BCUT2D eigenvalue weighted by molar-refractivity contribution is 6.05. The van der Waals surface area contributed by atoms with Crippen molar-refractivity contribution in [2.24, 2.45) is 16.5 Å². The van der Waals surface area contributed by atoms with Gasteiger partial charge in [-0.1, -0.05) is 0 Å². The molecule has 18 heavy (non-hydrogen) atoms. The van der Waals surface area contributed by atoms with Crippen LogP contribution in [0.2, 0.25) is 0 Å². The number of nitrogens with two attached hydrogens (primary N) is 2. The molecule has 0 spiro atoms. The summed E-state index contributed by atoms with van der Waals surface area (Å²) in [4.78, 5) is 23.5. The topological polar surface area (TPSA) is 119 Å². The number of hydrogen-bond donors (Lipinski definition) is 3. The molecule has 0 atom stereocenters. The van der Waals surface area contributed by atoms with Crippen molar-refractivity contribution in [2.75, 3.05) is 13.1 Å². The van der Waals surface area contributed by atoms with Crippen LogP contribution < -0.4 is 16.8 Å². The lowest BCUT2D eigenvalue weighted by Crippen LogP contribution is -2.32. The molecule has 96 valence electrons. The van der Waals surface area contributed by atoms with Crippen molar-refractivity contribution in [3.8, 4) is 0 Å². The van der Waals surface area contributed by atoms with Crippen LogP contribution in [-0.4, -0.2) is 40.8 Å². The average Bonchev–Trinajstić information content (AvgIpc) is 2.40. The first-order valence-electron chi connectivity index (χ1n) is 5.83.